The van der Waals surface area contributed by atoms with E-state index in [0.29, 0.717) is 6.54 Å². The molecular weight excluding hydrogens is 258 g/mol. The Morgan fingerprint density at radius 3 is 2.95 bits per heavy atom. The third kappa shape index (κ3) is 2.47. The van der Waals surface area contributed by atoms with Crippen LogP contribution in [-0.4, -0.2) is 43.7 Å². The van der Waals surface area contributed by atoms with Crippen LogP contribution in [0, 0.1) is 5.92 Å². The molecule has 1 aliphatic heterocycles. The van der Waals surface area contributed by atoms with Crippen LogP contribution >= 0.6 is 0 Å². The minimum atomic E-state index is -0.737. The number of carbonyl (C=O) groups is 1. The van der Waals surface area contributed by atoms with E-state index in [1.165, 1.54) is 6.33 Å². The van der Waals surface area contributed by atoms with Crippen LogP contribution in [-0.2, 0) is 4.79 Å². The van der Waals surface area contributed by atoms with Crippen molar-refractivity contribution in [3.8, 4) is 5.82 Å². The number of hydrogen-bond acceptors (Lipinski definition) is 5. The molecule has 7 nitrogen and oxygen atoms in total. The number of carboxylic acids is 1. The van der Waals surface area contributed by atoms with Crippen LogP contribution in [0.4, 0.5) is 5.82 Å². The zero-order valence-corrected chi connectivity index (χ0v) is 10.9. The van der Waals surface area contributed by atoms with Gasteiger partial charge < -0.3 is 10.0 Å². The molecule has 0 amide bonds. The first kappa shape index (κ1) is 12.6. The maximum Gasteiger partial charge on any atom is 0.308 e. The fourth-order valence-electron chi connectivity index (χ4n) is 2.43. The zero-order chi connectivity index (χ0) is 13.9. The summed E-state index contributed by atoms with van der Waals surface area (Å²) in [5.41, 5.74) is 0. The van der Waals surface area contributed by atoms with Gasteiger partial charge in [0, 0.05) is 31.5 Å². The van der Waals surface area contributed by atoms with E-state index in [2.05, 4.69) is 15.0 Å². The van der Waals surface area contributed by atoms with Crippen molar-refractivity contribution in [2.75, 3.05) is 18.0 Å². The average Bonchev–Trinajstić information content (AvgIpc) is 3.02. The van der Waals surface area contributed by atoms with Crippen molar-refractivity contribution in [1.82, 2.24) is 19.5 Å². The summed E-state index contributed by atoms with van der Waals surface area (Å²) in [5, 5.41) is 9.14. The second-order valence-electron chi connectivity index (χ2n) is 4.83. The van der Waals surface area contributed by atoms with E-state index in [1.807, 2.05) is 17.2 Å². The molecule has 0 aromatic carbocycles. The molecule has 0 bridgehead atoms. The van der Waals surface area contributed by atoms with Gasteiger partial charge in [0.2, 0.25) is 0 Å². The number of piperidine rings is 1. The Bertz CT molecular complexity index is 599. The number of carboxylic acid groups (broad SMARTS) is 1. The van der Waals surface area contributed by atoms with Gasteiger partial charge in [0.15, 0.2) is 0 Å². The molecule has 20 heavy (non-hydrogen) atoms. The zero-order valence-electron chi connectivity index (χ0n) is 10.9. The molecule has 3 rings (SSSR count). The van der Waals surface area contributed by atoms with Gasteiger partial charge in [-0.15, -0.1) is 0 Å². The average molecular weight is 273 g/mol. The van der Waals surface area contributed by atoms with Crippen molar-refractivity contribution >= 4 is 11.8 Å². The Morgan fingerprint density at radius 1 is 1.35 bits per heavy atom. The molecule has 0 unspecified atom stereocenters. The summed E-state index contributed by atoms with van der Waals surface area (Å²) >= 11 is 0. The molecule has 1 fully saturated rings. The molecule has 2 aromatic heterocycles. The Labute approximate surface area is 115 Å². The molecule has 104 valence electrons. The molecule has 0 radical (unpaired) electrons. The van der Waals surface area contributed by atoms with Gasteiger partial charge in [-0.25, -0.2) is 15.0 Å². The van der Waals surface area contributed by atoms with Crippen molar-refractivity contribution in [3.05, 3.63) is 31.1 Å². The molecule has 2 aromatic rings. The summed E-state index contributed by atoms with van der Waals surface area (Å²) < 4.78 is 1.80. The van der Waals surface area contributed by atoms with Crippen LogP contribution < -0.4 is 4.90 Å². The molecule has 3 heterocycles. The highest BCUT2D eigenvalue weighted by Crippen LogP contribution is 2.22. The first-order valence-corrected chi connectivity index (χ1v) is 6.52. The van der Waals surface area contributed by atoms with E-state index in [0.717, 1.165) is 31.0 Å². The number of hydrogen-bond donors (Lipinski definition) is 1. The lowest BCUT2D eigenvalue weighted by Crippen LogP contribution is -2.39. The fourth-order valence-corrected chi connectivity index (χ4v) is 2.43. The minimum Gasteiger partial charge on any atom is -0.481 e. The van der Waals surface area contributed by atoms with E-state index in [9.17, 15) is 4.79 Å². The SMILES string of the molecule is O=C(O)[C@H]1CCCN(c2cc(-n3ccnc3)ncn2)C1. The number of imidazole rings is 1. The highest BCUT2D eigenvalue weighted by atomic mass is 16.4. The molecule has 1 N–H and O–H groups in total. The summed E-state index contributed by atoms with van der Waals surface area (Å²) in [6, 6.07) is 1.85. The summed E-state index contributed by atoms with van der Waals surface area (Å²) in [6.45, 7) is 1.32. The van der Waals surface area contributed by atoms with Gasteiger partial charge in [-0.3, -0.25) is 9.36 Å². The van der Waals surface area contributed by atoms with Crippen LogP contribution in [0.15, 0.2) is 31.1 Å². The van der Waals surface area contributed by atoms with Gasteiger partial charge in [-0.05, 0) is 12.8 Å². The van der Waals surface area contributed by atoms with E-state index >= 15 is 0 Å². The van der Waals surface area contributed by atoms with Crippen molar-refractivity contribution in [1.29, 1.82) is 0 Å². The fraction of sp³-hybridized carbons (Fsp3) is 0.385. The van der Waals surface area contributed by atoms with Gasteiger partial charge >= 0.3 is 5.97 Å². The molecule has 0 saturated carbocycles. The molecule has 1 saturated heterocycles. The molecule has 1 aliphatic rings. The number of aromatic nitrogens is 4. The monoisotopic (exact) mass is 273 g/mol. The second kappa shape index (κ2) is 5.28. The van der Waals surface area contributed by atoms with Crippen molar-refractivity contribution in [2.45, 2.75) is 12.8 Å². The summed E-state index contributed by atoms with van der Waals surface area (Å²) in [4.78, 5) is 25.6. The number of nitrogens with zero attached hydrogens (tertiary/aromatic N) is 5. The van der Waals surface area contributed by atoms with Crippen LogP contribution in [0.2, 0.25) is 0 Å². The van der Waals surface area contributed by atoms with Gasteiger partial charge in [-0.1, -0.05) is 0 Å². The van der Waals surface area contributed by atoms with Crippen molar-refractivity contribution in [3.63, 3.8) is 0 Å². The van der Waals surface area contributed by atoms with Gasteiger partial charge in [-0.2, -0.15) is 0 Å². The molecular formula is C13H15N5O2. The summed E-state index contributed by atoms with van der Waals surface area (Å²) in [5.74, 6) is 0.425. The molecule has 7 heteroatoms. The standard InChI is InChI=1S/C13H15N5O2/c19-13(20)10-2-1-4-17(7-10)11-6-12(16-8-15-11)18-5-3-14-9-18/h3,5-6,8-10H,1-2,4,7H2,(H,19,20)/t10-/m0/s1. The van der Waals surface area contributed by atoms with Gasteiger partial charge in [0.25, 0.3) is 0 Å². The Kier molecular flexibility index (Phi) is 3.32. The molecule has 0 aliphatic carbocycles. The third-order valence-corrected chi connectivity index (χ3v) is 3.50. The predicted molar refractivity (Wildman–Crippen MR) is 71.7 cm³/mol. The van der Waals surface area contributed by atoms with Crippen LogP contribution in [0.3, 0.4) is 0 Å². The van der Waals surface area contributed by atoms with Crippen molar-refractivity contribution < 1.29 is 9.90 Å². The first-order chi connectivity index (χ1) is 9.74. The summed E-state index contributed by atoms with van der Waals surface area (Å²) in [7, 11) is 0. The third-order valence-electron chi connectivity index (χ3n) is 3.50. The van der Waals surface area contributed by atoms with E-state index in [4.69, 9.17) is 5.11 Å². The molecule has 0 spiro atoms. The summed E-state index contributed by atoms with van der Waals surface area (Å²) in [6.07, 6.45) is 8.25. The highest BCUT2D eigenvalue weighted by Gasteiger charge is 2.26. The van der Waals surface area contributed by atoms with E-state index < -0.39 is 5.97 Å². The van der Waals surface area contributed by atoms with E-state index in [-0.39, 0.29) is 5.92 Å². The topological polar surface area (TPSA) is 84.1 Å². The lowest BCUT2D eigenvalue weighted by Gasteiger charge is -2.31. The number of anilines is 1. The van der Waals surface area contributed by atoms with Crippen LogP contribution in [0.25, 0.3) is 5.82 Å². The van der Waals surface area contributed by atoms with Crippen LogP contribution in [0.1, 0.15) is 12.8 Å². The maximum absolute atomic E-state index is 11.1. The van der Waals surface area contributed by atoms with Gasteiger partial charge in [0.1, 0.15) is 24.3 Å². The largest absolute Gasteiger partial charge is 0.481 e. The number of aliphatic carboxylic acids is 1. The second-order valence-corrected chi connectivity index (χ2v) is 4.83. The highest BCUT2D eigenvalue weighted by molar-refractivity contribution is 5.71. The van der Waals surface area contributed by atoms with Gasteiger partial charge in [0.05, 0.1) is 5.92 Å². The Balaban J connectivity index is 1.83. The maximum atomic E-state index is 11.1. The Morgan fingerprint density at radius 2 is 2.20 bits per heavy atom. The molecule has 1 atom stereocenters. The predicted octanol–water partition coefficient (Wildman–Crippen LogP) is 0.963. The number of rotatable bonds is 3. The normalized spacial score (nSPS) is 19.0. The van der Waals surface area contributed by atoms with E-state index in [1.54, 1.807) is 17.1 Å². The Hall–Kier alpha value is -2.44. The lowest BCUT2D eigenvalue weighted by atomic mass is 9.98. The lowest BCUT2D eigenvalue weighted by molar-refractivity contribution is -0.141. The quantitative estimate of drug-likeness (QED) is 0.896. The first-order valence-electron chi connectivity index (χ1n) is 6.52. The minimum absolute atomic E-state index is 0.324. The smallest absolute Gasteiger partial charge is 0.308 e. The van der Waals surface area contributed by atoms with Crippen LogP contribution in [0.5, 0.6) is 0 Å². The van der Waals surface area contributed by atoms with Crippen molar-refractivity contribution in [2.24, 2.45) is 5.92 Å².